The largest absolute Gasteiger partial charge is 0.323 e. The van der Waals surface area contributed by atoms with Gasteiger partial charge in [-0.2, -0.15) is 0 Å². The Hall–Kier alpha value is -4.53. The second kappa shape index (κ2) is 15.7. The van der Waals surface area contributed by atoms with Crippen molar-refractivity contribution in [3.63, 3.8) is 0 Å². The number of thioether (sulfide) groups is 1. The van der Waals surface area contributed by atoms with Gasteiger partial charge in [-0.3, -0.25) is 14.4 Å². The zero-order valence-corrected chi connectivity index (χ0v) is 27.1. The number of amides is 3. The number of carbonyl (C=O) groups excluding carboxylic acids is 3. The summed E-state index contributed by atoms with van der Waals surface area (Å²) >= 11 is 19.8. The molecule has 0 aromatic heterocycles. The van der Waals surface area contributed by atoms with Gasteiger partial charge < -0.3 is 16.0 Å². The fourth-order valence-electron chi connectivity index (χ4n) is 4.35. The summed E-state index contributed by atoms with van der Waals surface area (Å²) in [6.07, 6.45) is 1.56. The highest BCUT2D eigenvalue weighted by Crippen LogP contribution is 2.37. The van der Waals surface area contributed by atoms with E-state index in [0.29, 0.717) is 37.6 Å². The van der Waals surface area contributed by atoms with Gasteiger partial charge in [-0.25, -0.2) is 0 Å². The van der Waals surface area contributed by atoms with E-state index in [1.54, 1.807) is 91.0 Å². The van der Waals surface area contributed by atoms with E-state index in [2.05, 4.69) is 16.0 Å². The predicted octanol–water partition coefficient (Wildman–Crippen LogP) is 9.53. The molecule has 0 aliphatic heterocycles. The highest BCUT2D eigenvalue weighted by Gasteiger charge is 2.23. The SMILES string of the molecule is O=C(Nc1ccc(SC(C(=O)Nc2ccc(Cl)cc2Cl)c2ccccc2)cc1)/C(=C/c1cccc(Cl)c1)NC(=O)c1ccccc1. The molecule has 1 atom stereocenters. The van der Waals surface area contributed by atoms with Crippen LogP contribution in [0.15, 0.2) is 138 Å². The monoisotopic (exact) mass is 685 g/mol. The van der Waals surface area contributed by atoms with Crippen molar-refractivity contribution in [2.45, 2.75) is 10.1 Å². The molecule has 0 aliphatic carbocycles. The van der Waals surface area contributed by atoms with Crippen LogP contribution in [0, 0.1) is 0 Å². The maximum Gasteiger partial charge on any atom is 0.272 e. The molecule has 0 fully saturated rings. The highest BCUT2D eigenvalue weighted by atomic mass is 35.5. The second-order valence-corrected chi connectivity index (χ2v) is 12.4. The Balaban J connectivity index is 1.33. The number of carbonyl (C=O) groups is 3. The first-order valence-corrected chi connectivity index (χ1v) is 16.0. The molecule has 5 aromatic carbocycles. The van der Waals surface area contributed by atoms with Crippen molar-refractivity contribution >= 4 is 81.7 Å². The lowest BCUT2D eigenvalue weighted by atomic mass is 10.1. The predicted molar refractivity (Wildman–Crippen MR) is 189 cm³/mol. The van der Waals surface area contributed by atoms with Crippen molar-refractivity contribution in [2.24, 2.45) is 0 Å². The number of halogens is 3. The van der Waals surface area contributed by atoms with Gasteiger partial charge in [0.2, 0.25) is 5.91 Å². The van der Waals surface area contributed by atoms with E-state index in [0.717, 1.165) is 10.5 Å². The molecular weight excluding hydrogens is 661 g/mol. The normalized spacial score (nSPS) is 11.8. The van der Waals surface area contributed by atoms with Gasteiger partial charge in [-0.05, 0) is 83.9 Å². The molecule has 0 heterocycles. The number of hydrogen-bond acceptors (Lipinski definition) is 4. The molecule has 0 aliphatic rings. The van der Waals surface area contributed by atoms with E-state index >= 15 is 0 Å². The first-order chi connectivity index (χ1) is 22.2. The maximum atomic E-state index is 13.5. The van der Waals surface area contributed by atoms with Crippen LogP contribution in [-0.4, -0.2) is 17.7 Å². The first kappa shape index (κ1) is 32.9. The fourth-order valence-corrected chi connectivity index (χ4v) is 6.03. The van der Waals surface area contributed by atoms with Crippen molar-refractivity contribution in [1.82, 2.24) is 5.32 Å². The summed E-state index contributed by atoms with van der Waals surface area (Å²) in [6.45, 7) is 0. The Kier molecular flexibility index (Phi) is 11.2. The molecule has 5 aromatic rings. The molecule has 0 saturated carbocycles. The summed E-state index contributed by atoms with van der Waals surface area (Å²) in [5.74, 6) is -1.21. The number of benzene rings is 5. The minimum absolute atomic E-state index is 0.0382. The van der Waals surface area contributed by atoms with Crippen LogP contribution < -0.4 is 16.0 Å². The summed E-state index contributed by atoms with van der Waals surface area (Å²) in [5, 5.41) is 9.16. The van der Waals surface area contributed by atoms with Gasteiger partial charge in [-0.1, -0.05) is 95.5 Å². The third-order valence-electron chi connectivity index (χ3n) is 6.58. The smallest absolute Gasteiger partial charge is 0.272 e. The van der Waals surface area contributed by atoms with Crippen LogP contribution in [-0.2, 0) is 9.59 Å². The van der Waals surface area contributed by atoms with Crippen LogP contribution >= 0.6 is 46.6 Å². The van der Waals surface area contributed by atoms with Crippen molar-refractivity contribution in [1.29, 1.82) is 0 Å². The number of anilines is 2. The van der Waals surface area contributed by atoms with Gasteiger partial charge in [0.1, 0.15) is 10.9 Å². The Labute approximate surface area is 285 Å². The third kappa shape index (κ3) is 9.02. The van der Waals surface area contributed by atoms with Gasteiger partial charge in [-0.15, -0.1) is 11.8 Å². The van der Waals surface area contributed by atoms with E-state index in [4.69, 9.17) is 34.8 Å². The number of hydrogen-bond donors (Lipinski definition) is 3. The van der Waals surface area contributed by atoms with Gasteiger partial charge in [0.25, 0.3) is 11.8 Å². The lowest BCUT2D eigenvalue weighted by Crippen LogP contribution is -2.30. The van der Waals surface area contributed by atoms with Crippen LogP contribution in [0.4, 0.5) is 11.4 Å². The van der Waals surface area contributed by atoms with Crippen LogP contribution in [0.5, 0.6) is 0 Å². The third-order valence-corrected chi connectivity index (χ3v) is 8.63. The zero-order chi connectivity index (χ0) is 32.5. The lowest BCUT2D eigenvalue weighted by Gasteiger charge is -2.18. The summed E-state index contributed by atoms with van der Waals surface area (Å²) < 4.78 is 0. The second-order valence-electron chi connectivity index (χ2n) is 9.93. The average Bonchev–Trinajstić information content (AvgIpc) is 3.06. The molecule has 0 radical (unpaired) electrons. The number of rotatable bonds is 10. The summed E-state index contributed by atoms with van der Waals surface area (Å²) in [7, 11) is 0. The van der Waals surface area contributed by atoms with Crippen molar-refractivity contribution in [3.8, 4) is 0 Å². The summed E-state index contributed by atoms with van der Waals surface area (Å²) in [5.41, 5.74) is 2.84. The van der Waals surface area contributed by atoms with E-state index in [1.807, 2.05) is 42.5 Å². The van der Waals surface area contributed by atoms with Gasteiger partial charge >= 0.3 is 0 Å². The van der Waals surface area contributed by atoms with E-state index in [-0.39, 0.29) is 11.6 Å². The standard InChI is InChI=1S/C36H26Cl3N3O3S/c37-26-13-7-8-23(20-26)21-32(42-34(43)25-11-5-2-6-12-25)35(44)40-28-15-17-29(18-16-28)46-33(24-9-3-1-4-10-24)36(45)41-31-19-14-27(38)22-30(31)39/h1-22,33H,(H,40,44)(H,41,45)(H,42,43)/b32-21-. The Bertz CT molecular complexity index is 1890. The maximum absolute atomic E-state index is 13.5. The highest BCUT2D eigenvalue weighted by molar-refractivity contribution is 8.00. The number of nitrogens with one attached hydrogen (secondary N) is 3. The van der Waals surface area contributed by atoms with Crippen molar-refractivity contribution < 1.29 is 14.4 Å². The quantitative estimate of drug-likeness (QED) is 0.101. The summed E-state index contributed by atoms with van der Waals surface area (Å²) in [6, 6.07) is 36.9. The lowest BCUT2D eigenvalue weighted by molar-refractivity contribution is -0.116. The zero-order valence-electron chi connectivity index (χ0n) is 24.0. The Morgan fingerprint density at radius 2 is 1.35 bits per heavy atom. The van der Waals surface area contributed by atoms with Gasteiger partial charge in [0.05, 0.1) is 10.7 Å². The van der Waals surface area contributed by atoms with Crippen LogP contribution in [0.1, 0.15) is 26.7 Å². The van der Waals surface area contributed by atoms with E-state index in [9.17, 15) is 14.4 Å². The molecule has 5 rings (SSSR count). The fraction of sp³-hybridized carbons (Fsp3) is 0.0278. The van der Waals surface area contributed by atoms with Crippen LogP contribution in [0.3, 0.4) is 0 Å². The van der Waals surface area contributed by atoms with Crippen LogP contribution in [0.25, 0.3) is 6.08 Å². The topological polar surface area (TPSA) is 87.3 Å². The minimum Gasteiger partial charge on any atom is -0.323 e. The molecule has 230 valence electrons. The van der Waals surface area contributed by atoms with Crippen molar-refractivity contribution in [3.05, 3.63) is 165 Å². The minimum atomic E-state index is -0.603. The van der Waals surface area contributed by atoms with E-state index in [1.165, 1.54) is 11.8 Å². The summed E-state index contributed by atoms with van der Waals surface area (Å²) in [4.78, 5) is 40.6. The van der Waals surface area contributed by atoms with Gasteiger partial charge in [0.15, 0.2) is 0 Å². The molecular formula is C36H26Cl3N3O3S. The molecule has 3 amide bonds. The average molecular weight is 687 g/mol. The molecule has 46 heavy (non-hydrogen) atoms. The molecule has 6 nitrogen and oxygen atoms in total. The van der Waals surface area contributed by atoms with Crippen LogP contribution in [0.2, 0.25) is 15.1 Å². The molecule has 0 bridgehead atoms. The Morgan fingerprint density at radius 3 is 2.02 bits per heavy atom. The first-order valence-electron chi connectivity index (χ1n) is 14.0. The molecule has 10 heteroatoms. The molecule has 0 saturated heterocycles. The Morgan fingerprint density at radius 1 is 0.674 bits per heavy atom. The molecule has 1 unspecified atom stereocenters. The van der Waals surface area contributed by atoms with Gasteiger partial charge in [0, 0.05) is 26.2 Å². The van der Waals surface area contributed by atoms with E-state index < -0.39 is 17.1 Å². The molecule has 3 N–H and O–H groups in total. The van der Waals surface area contributed by atoms with Crippen molar-refractivity contribution in [2.75, 3.05) is 10.6 Å². The molecule has 0 spiro atoms.